The summed E-state index contributed by atoms with van der Waals surface area (Å²) in [4.78, 5) is 14.1. The highest BCUT2D eigenvalue weighted by Crippen LogP contribution is 2.40. The van der Waals surface area contributed by atoms with Gasteiger partial charge < -0.3 is 5.11 Å². The van der Waals surface area contributed by atoms with E-state index < -0.39 is 11.5 Å². The zero-order chi connectivity index (χ0) is 14.9. The molecule has 2 heterocycles. The minimum absolute atomic E-state index is 0.0915. The lowest BCUT2D eigenvalue weighted by Crippen LogP contribution is -2.51. The molecule has 20 heavy (non-hydrogen) atoms. The summed E-state index contributed by atoms with van der Waals surface area (Å²) in [6.07, 6.45) is 5.32. The Kier molecular flexibility index (Phi) is 4.18. The van der Waals surface area contributed by atoms with Crippen molar-refractivity contribution < 1.29 is 9.90 Å². The minimum Gasteiger partial charge on any atom is -0.480 e. The van der Waals surface area contributed by atoms with E-state index in [9.17, 15) is 9.90 Å². The predicted molar refractivity (Wildman–Crippen MR) is 77.6 cm³/mol. The Hall–Kier alpha value is -1.36. The van der Waals surface area contributed by atoms with Crippen molar-refractivity contribution in [1.29, 1.82) is 0 Å². The number of nitrogens with zero attached hydrogens (tertiary/aromatic N) is 3. The molecule has 0 aliphatic carbocycles. The van der Waals surface area contributed by atoms with Gasteiger partial charge in [0.2, 0.25) is 0 Å². The van der Waals surface area contributed by atoms with Crippen molar-refractivity contribution in [2.75, 3.05) is 6.54 Å². The van der Waals surface area contributed by atoms with Gasteiger partial charge in [-0.15, -0.1) is 0 Å². The van der Waals surface area contributed by atoms with E-state index in [0.29, 0.717) is 6.42 Å². The van der Waals surface area contributed by atoms with Gasteiger partial charge in [-0.05, 0) is 39.7 Å². The number of carbonyl (C=O) groups is 1. The molecule has 0 amide bonds. The Bertz CT molecular complexity index is 497. The molecule has 1 aliphatic rings. The molecule has 0 aromatic carbocycles. The van der Waals surface area contributed by atoms with Gasteiger partial charge in [-0.2, -0.15) is 5.10 Å². The van der Waals surface area contributed by atoms with Crippen LogP contribution in [-0.2, 0) is 11.8 Å². The molecule has 0 radical (unpaired) electrons. The molecule has 1 aliphatic heterocycles. The quantitative estimate of drug-likeness (QED) is 0.899. The van der Waals surface area contributed by atoms with Crippen LogP contribution in [-0.4, -0.2) is 37.8 Å². The summed E-state index contributed by atoms with van der Waals surface area (Å²) < 4.78 is 1.81. The molecule has 5 nitrogen and oxygen atoms in total. The van der Waals surface area contributed by atoms with Crippen molar-refractivity contribution in [1.82, 2.24) is 14.7 Å². The lowest BCUT2D eigenvalue weighted by Gasteiger charge is -2.38. The molecular weight excluding hydrogens is 254 g/mol. The van der Waals surface area contributed by atoms with Crippen LogP contribution in [0.3, 0.4) is 0 Å². The molecule has 1 aromatic rings. The number of aryl methyl sites for hydroxylation is 2. The highest BCUT2D eigenvalue weighted by Gasteiger charge is 2.49. The van der Waals surface area contributed by atoms with Crippen molar-refractivity contribution in [3.05, 3.63) is 17.5 Å². The van der Waals surface area contributed by atoms with Crippen LogP contribution in [0.5, 0.6) is 0 Å². The van der Waals surface area contributed by atoms with Crippen LogP contribution in [0.25, 0.3) is 0 Å². The summed E-state index contributed by atoms with van der Waals surface area (Å²) in [6, 6.07) is 0.0915. The molecule has 1 saturated heterocycles. The fourth-order valence-electron chi connectivity index (χ4n) is 3.68. The highest BCUT2D eigenvalue weighted by atomic mass is 16.4. The van der Waals surface area contributed by atoms with Crippen LogP contribution in [0, 0.1) is 6.92 Å². The van der Waals surface area contributed by atoms with E-state index in [1.54, 1.807) is 4.68 Å². The largest absolute Gasteiger partial charge is 0.480 e. The smallest absolute Gasteiger partial charge is 0.324 e. The van der Waals surface area contributed by atoms with Crippen LogP contribution >= 0.6 is 0 Å². The van der Waals surface area contributed by atoms with E-state index >= 15 is 0 Å². The molecule has 2 unspecified atom stereocenters. The minimum atomic E-state index is -0.698. The summed E-state index contributed by atoms with van der Waals surface area (Å²) >= 11 is 0. The number of carboxylic acid groups (broad SMARTS) is 1. The van der Waals surface area contributed by atoms with Gasteiger partial charge in [-0.25, -0.2) is 0 Å². The molecule has 112 valence electrons. The number of aliphatic carboxylic acids is 1. The Morgan fingerprint density at radius 1 is 1.60 bits per heavy atom. The van der Waals surface area contributed by atoms with Gasteiger partial charge in [0.05, 0.1) is 5.69 Å². The maximum Gasteiger partial charge on any atom is 0.324 e. The average molecular weight is 279 g/mol. The van der Waals surface area contributed by atoms with Gasteiger partial charge in [-0.1, -0.05) is 13.3 Å². The van der Waals surface area contributed by atoms with Crippen LogP contribution in [0.4, 0.5) is 0 Å². The van der Waals surface area contributed by atoms with Crippen molar-refractivity contribution >= 4 is 5.97 Å². The van der Waals surface area contributed by atoms with E-state index in [2.05, 4.69) is 23.8 Å². The van der Waals surface area contributed by atoms with Crippen LogP contribution in [0.1, 0.15) is 56.8 Å². The van der Waals surface area contributed by atoms with Gasteiger partial charge in [0.25, 0.3) is 0 Å². The molecule has 2 atom stereocenters. The van der Waals surface area contributed by atoms with Crippen molar-refractivity contribution in [2.24, 2.45) is 7.05 Å². The predicted octanol–water partition coefficient (Wildman–Crippen LogP) is 2.51. The Labute approximate surface area is 120 Å². The van der Waals surface area contributed by atoms with E-state index in [1.807, 2.05) is 20.2 Å². The second kappa shape index (κ2) is 5.56. The second-order valence-corrected chi connectivity index (χ2v) is 5.90. The lowest BCUT2D eigenvalue weighted by atomic mass is 9.89. The molecule has 1 N–H and O–H groups in total. The van der Waals surface area contributed by atoms with Crippen molar-refractivity contribution in [3.63, 3.8) is 0 Å². The summed E-state index contributed by atoms with van der Waals surface area (Å²) in [5.41, 5.74) is 1.43. The van der Waals surface area contributed by atoms with Crippen molar-refractivity contribution in [3.8, 4) is 0 Å². The van der Waals surface area contributed by atoms with Gasteiger partial charge in [0.15, 0.2) is 0 Å². The normalized spacial score (nSPS) is 25.0. The van der Waals surface area contributed by atoms with Crippen LogP contribution < -0.4 is 0 Å². The average Bonchev–Trinajstić information content (AvgIpc) is 2.93. The van der Waals surface area contributed by atoms with Crippen LogP contribution in [0.15, 0.2) is 6.20 Å². The fraction of sp³-hybridized carbons (Fsp3) is 0.733. The number of hydrogen-bond donors (Lipinski definition) is 1. The number of carboxylic acids is 1. The summed E-state index contributed by atoms with van der Waals surface area (Å²) in [5.74, 6) is -0.676. The number of hydrogen-bond acceptors (Lipinski definition) is 3. The van der Waals surface area contributed by atoms with Crippen LogP contribution in [0.2, 0.25) is 0 Å². The van der Waals surface area contributed by atoms with Gasteiger partial charge in [0, 0.05) is 24.8 Å². The third-order valence-corrected chi connectivity index (χ3v) is 4.57. The first kappa shape index (κ1) is 15.0. The second-order valence-electron chi connectivity index (χ2n) is 5.90. The summed E-state index contributed by atoms with van der Waals surface area (Å²) in [7, 11) is 1.91. The standard InChI is InChI=1S/C15H25N3O2/c1-5-7-15(14(19)20)8-6-9-18(15)12(3)13-10-17(4)16-11(13)2/h10,12H,5-9H2,1-4H3,(H,19,20). The van der Waals surface area contributed by atoms with E-state index in [1.165, 1.54) is 0 Å². The zero-order valence-electron chi connectivity index (χ0n) is 12.9. The Morgan fingerprint density at radius 3 is 2.80 bits per heavy atom. The van der Waals surface area contributed by atoms with Crippen molar-refractivity contribution in [2.45, 2.75) is 58.0 Å². The molecule has 0 bridgehead atoms. The maximum atomic E-state index is 11.9. The molecule has 1 fully saturated rings. The third kappa shape index (κ3) is 2.35. The van der Waals surface area contributed by atoms with E-state index in [0.717, 1.165) is 37.1 Å². The fourth-order valence-corrected chi connectivity index (χ4v) is 3.68. The van der Waals surface area contributed by atoms with Gasteiger partial charge >= 0.3 is 5.97 Å². The molecule has 5 heteroatoms. The first-order valence-corrected chi connectivity index (χ1v) is 7.42. The van der Waals surface area contributed by atoms with E-state index in [-0.39, 0.29) is 6.04 Å². The summed E-state index contributed by atoms with van der Waals surface area (Å²) in [6.45, 7) is 7.00. The maximum absolute atomic E-state index is 11.9. The SMILES string of the molecule is CCCC1(C(=O)O)CCCN1C(C)c1cn(C)nc1C. The third-order valence-electron chi connectivity index (χ3n) is 4.57. The van der Waals surface area contributed by atoms with Gasteiger partial charge in [0.1, 0.15) is 5.54 Å². The lowest BCUT2D eigenvalue weighted by molar-refractivity contribution is -0.151. The molecule has 2 rings (SSSR count). The Morgan fingerprint density at radius 2 is 2.30 bits per heavy atom. The van der Waals surface area contributed by atoms with Gasteiger partial charge in [-0.3, -0.25) is 14.4 Å². The molecular formula is C15H25N3O2. The Balaban J connectivity index is 2.34. The van der Waals surface area contributed by atoms with E-state index in [4.69, 9.17) is 0 Å². The number of rotatable bonds is 5. The summed E-state index contributed by atoms with van der Waals surface area (Å²) in [5, 5.41) is 14.2. The molecule has 0 spiro atoms. The first-order chi connectivity index (χ1) is 9.42. The molecule has 0 saturated carbocycles. The topological polar surface area (TPSA) is 58.4 Å². The zero-order valence-corrected chi connectivity index (χ0v) is 12.9. The first-order valence-electron chi connectivity index (χ1n) is 7.42. The monoisotopic (exact) mass is 279 g/mol. The number of likely N-dealkylation sites (tertiary alicyclic amines) is 1. The number of aromatic nitrogens is 2. The highest BCUT2D eigenvalue weighted by molar-refractivity contribution is 5.79. The molecule has 1 aromatic heterocycles.